The van der Waals surface area contributed by atoms with Gasteiger partial charge in [0.25, 0.3) is 0 Å². The summed E-state index contributed by atoms with van der Waals surface area (Å²) in [5.74, 6) is -0.789. The zero-order chi connectivity index (χ0) is 21.6. The van der Waals surface area contributed by atoms with Gasteiger partial charge in [0.2, 0.25) is 0 Å². The zero-order valence-corrected chi connectivity index (χ0v) is 22.0. The summed E-state index contributed by atoms with van der Waals surface area (Å²) in [5.41, 5.74) is 5.58. The van der Waals surface area contributed by atoms with Gasteiger partial charge in [0.05, 0.1) is 13.7 Å². The van der Waals surface area contributed by atoms with Crippen LogP contribution in [0.2, 0.25) is 0 Å². The molecule has 0 aromatic heterocycles. The molecule has 0 aromatic rings. The molecule has 6 heteroatoms. The third-order valence-electron chi connectivity index (χ3n) is 5.08. The largest absolute Gasteiger partial charge is 1.00 e. The standard InChI is InChI=1S/C24H45NO4.Na.H/c1-3-4-5-6-7-8-9-10-11-12-13-14-15-16-17-18-21-29-23(26)20-19-22(25)24(27)28-2;;/h10-11,22H,3-9,12-21,25H2,1-2H3;;/q;+1;-1/b11-10-;;. The van der Waals surface area contributed by atoms with Crippen molar-refractivity contribution in [2.24, 2.45) is 5.73 Å². The maximum absolute atomic E-state index is 11.6. The number of methoxy groups -OCH3 is 1. The molecule has 1 atom stereocenters. The molecule has 0 rings (SSSR count). The minimum Gasteiger partial charge on any atom is -1.00 e. The summed E-state index contributed by atoms with van der Waals surface area (Å²) in [5, 5.41) is 0. The number of esters is 2. The molecule has 1 unspecified atom stereocenters. The van der Waals surface area contributed by atoms with Crippen LogP contribution in [0.1, 0.15) is 111 Å². The number of unbranched alkanes of at least 4 members (excludes halogenated alkanes) is 12. The second-order valence-electron chi connectivity index (χ2n) is 7.83. The fourth-order valence-corrected chi connectivity index (χ4v) is 3.15. The number of nitrogens with two attached hydrogens (primary N) is 1. The van der Waals surface area contributed by atoms with E-state index in [-0.39, 0.29) is 49.8 Å². The number of hydrogen-bond acceptors (Lipinski definition) is 5. The van der Waals surface area contributed by atoms with Crippen LogP contribution in [-0.4, -0.2) is 31.7 Å². The Kier molecular flexibility index (Phi) is 26.4. The van der Waals surface area contributed by atoms with Crippen LogP contribution in [-0.2, 0) is 19.1 Å². The molecule has 0 aromatic carbocycles. The molecule has 0 aliphatic rings. The molecule has 0 aliphatic heterocycles. The average Bonchev–Trinajstić information content (AvgIpc) is 2.73. The Morgan fingerprint density at radius 1 is 0.867 bits per heavy atom. The minimum absolute atomic E-state index is 0. The molecule has 0 bridgehead atoms. The van der Waals surface area contributed by atoms with E-state index in [1.807, 2.05) is 0 Å². The molecule has 0 heterocycles. The molecular weight excluding hydrogens is 389 g/mol. The van der Waals surface area contributed by atoms with E-state index in [2.05, 4.69) is 23.8 Å². The minimum atomic E-state index is -0.752. The van der Waals surface area contributed by atoms with Gasteiger partial charge in [-0.05, 0) is 38.5 Å². The van der Waals surface area contributed by atoms with Gasteiger partial charge in [0, 0.05) is 6.42 Å². The Balaban J connectivity index is -0.00000392. The number of rotatable bonds is 20. The second kappa shape index (κ2) is 24.9. The van der Waals surface area contributed by atoms with Gasteiger partial charge in [-0.25, -0.2) is 0 Å². The van der Waals surface area contributed by atoms with E-state index in [4.69, 9.17) is 10.5 Å². The number of allylic oxidation sites excluding steroid dienone is 2. The van der Waals surface area contributed by atoms with Gasteiger partial charge in [-0.2, -0.15) is 0 Å². The number of hydrogen-bond donors (Lipinski definition) is 1. The SMILES string of the molecule is CCCCCCCC/C=C\CCCCCCCCOC(=O)CCC(N)C(=O)OC.[H-].[Na+]. The molecule has 0 saturated carbocycles. The van der Waals surface area contributed by atoms with Gasteiger partial charge in [0.15, 0.2) is 0 Å². The van der Waals surface area contributed by atoms with Crippen molar-refractivity contribution in [1.82, 2.24) is 0 Å². The van der Waals surface area contributed by atoms with Crippen LogP contribution in [0.5, 0.6) is 0 Å². The molecule has 2 N–H and O–H groups in total. The summed E-state index contributed by atoms with van der Waals surface area (Å²) >= 11 is 0. The number of ether oxygens (including phenoxy) is 2. The Morgan fingerprint density at radius 3 is 1.90 bits per heavy atom. The number of carbonyl (C=O) groups excluding carboxylic acids is 2. The van der Waals surface area contributed by atoms with E-state index in [0.29, 0.717) is 6.61 Å². The summed E-state index contributed by atoms with van der Waals surface area (Å²) < 4.78 is 9.69. The van der Waals surface area contributed by atoms with E-state index in [9.17, 15) is 9.59 Å². The van der Waals surface area contributed by atoms with E-state index in [1.54, 1.807) is 0 Å². The summed E-state index contributed by atoms with van der Waals surface area (Å²) in [6, 6.07) is -0.752. The van der Waals surface area contributed by atoms with E-state index < -0.39 is 12.0 Å². The maximum Gasteiger partial charge on any atom is 1.00 e. The van der Waals surface area contributed by atoms with Gasteiger partial charge in [-0.1, -0.05) is 76.9 Å². The first kappa shape index (κ1) is 31.8. The Hall–Kier alpha value is -0.360. The van der Waals surface area contributed by atoms with Crippen molar-refractivity contribution in [2.45, 2.75) is 116 Å². The van der Waals surface area contributed by atoms with Gasteiger partial charge < -0.3 is 16.6 Å². The van der Waals surface area contributed by atoms with Crippen LogP contribution in [0.15, 0.2) is 12.2 Å². The summed E-state index contributed by atoms with van der Waals surface area (Å²) in [7, 11) is 1.29. The molecule has 0 radical (unpaired) electrons. The van der Waals surface area contributed by atoms with Crippen molar-refractivity contribution >= 4 is 11.9 Å². The monoisotopic (exact) mass is 435 g/mol. The molecule has 0 saturated heterocycles. The first-order chi connectivity index (χ1) is 14.1. The third-order valence-corrected chi connectivity index (χ3v) is 5.08. The van der Waals surface area contributed by atoms with Gasteiger partial charge in [-0.3, -0.25) is 9.59 Å². The average molecular weight is 436 g/mol. The fourth-order valence-electron chi connectivity index (χ4n) is 3.15. The molecule has 0 amide bonds. The van der Waals surface area contributed by atoms with Crippen molar-refractivity contribution < 1.29 is 50.0 Å². The van der Waals surface area contributed by atoms with E-state index in [0.717, 1.165) is 12.8 Å². The van der Waals surface area contributed by atoms with Crippen LogP contribution in [0, 0.1) is 0 Å². The van der Waals surface area contributed by atoms with Gasteiger partial charge in [-0.15, -0.1) is 0 Å². The zero-order valence-electron chi connectivity index (χ0n) is 21.0. The van der Waals surface area contributed by atoms with Crippen molar-refractivity contribution in [3.63, 3.8) is 0 Å². The van der Waals surface area contributed by atoms with Crippen LogP contribution in [0.25, 0.3) is 0 Å². The van der Waals surface area contributed by atoms with Gasteiger partial charge in [0.1, 0.15) is 6.04 Å². The molecule has 172 valence electrons. The first-order valence-corrected chi connectivity index (χ1v) is 11.8. The van der Waals surface area contributed by atoms with E-state index in [1.165, 1.54) is 84.2 Å². The van der Waals surface area contributed by atoms with Crippen molar-refractivity contribution in [3.8, 4) is 0 Å². The normalized spacial score (nSPS) is 11.8. The van der Waals surface area contributed by atoms with Crippen molar-refractivity contribution in [2.75, 3.05) is 13.7 Å². The quantitative estimate of drug-likeness (QED) is 0.138. The smallest absolute Gasteiger partial charge is 1.00 e. The van der Waals surface area contributed by atoms with Crippen molar-refractivity contribution in [1.29, 1.82) is 0 Å². The Labute approximate surface area is 208 Å². The maximum atomic E-state index is 11.6. The van der Waals surface area contributed by atoms with Gasteiger partial charge >= 0.3 is 41.5 Å². The van der Waals surface area contributed by atoms with Crippen LogP contribution in [0.3, 0.4) is 0 Å². The molecule has 30 heavy (non-hydrogen) atoms. The number of carbonyl (C=O) groups is 2. The predicted octanol–water partition coefficient (Wildman–Crippen LogP) is 2.96. The summed E-state index contributed by atoms with van der Waals surface area (Å²) in [6.07, 6.45) is 22.7. The molecule has 5 nitrogen and oxygen atoms in total. The predicted molar refractivity (Wildman–Crippen MR) is 121 cm³/mol. The Bertz CT molecular complexity index is 436. The van der Waals surface area contributed by atoms with E-state index >= 15 is 0 Å². The van der Waals surface area contributed by atoms with Crippen molar-refractivity contribution in [3.05, 3.63) is 12.2 Å². The topological polar surface area (TPSA) is 78.6 Å². The van der Waals surface area contributed by atoms with Crippen LogP contribution in [0.4, 0.5) is 0 Å². The van der Waals surface area contributed by atoms with Crippen LogP contribution >= 0.6 is 0 Å². The third kappa shape index (κ3) is 22.3. The molecule has 0 spiro atoms. The fraction of sp³-hybridized carbons (Fsp3) is 0.833. The Morgan fingerprint density at radius 2 is 1.37 bits per heavy atom. The second-order valence-corrected chi connectivity index (χ2v) is 7.83. The summed E-state index contributed by atoms with van der Waals surface area (Å²) in [4.78, 5) is 22.7. The molecule has 0 aliphatic carbocycles. The van der Waals surface area contributed by atoms with Crippen LogP contribution < -0.4 is 35.3 Å². The first-order valence-electron chi connectivity index (χ1n) is 11.8. The molecule has 0 fully saturated rings. The molecular formula is C24H46NNaO4. The summed E-state index contributed by atoms with van der Waals surface area (Å²) in [6.45, 7) is 2.71.